The number of fused-ring (bicyclic) bond motifs is 1. The van der Waals surface area contributed by atoms with Crippen molar-refractivity contribution in [2.75, 3.05) is 6.54 Å². The monoisotopic (exact) mass is 395 g/mol. The van der Waals surface area contributed by atoms with Gasteiger partial charge in [-0.1, -0.05) is 45.4 Å². The van der Waals surface area contributed by atoms with Gasteiger partial charge in [0, 0.05) is 18.7 Å². The fourth-order valence-corrected chi connectivity index (χ4v) is 3.45. The quantitative estimate of drug-likeness (QED) is 0.469. The van der Waals surface area contributed by atoms with Gasteiger partial charge in [0.25, 0.3) is 5.91 Å². The van der Waals surface area contributed by atoms with Crippen LogP contribution >= 0.6 is 0 Å². The third kappa shape index (κ3) is 5.22. The average Bonchev–Trinajstić information content (AvgIpc) is 3.05. The van der Waals surface area contributed by atoms with Crippen molar-refractivity contribution >= 4 is 16.9 Å². The van der Waals surface area contributed by atoms with Crippen molar-refractivity contribution in [2.45, 2.75) is 53.1 Å². The second kappa shape index (κ2) is 9.68. The molecule has 2 aromatic carbocycles. The highest BCUT2D eigenvalue weighted by Crippen LogP contribution is 2.20. The van der Waals surface area contributed by atoms with Crippen LogP contribution < -0.4 is 0 Å². The Labute approximate surface area is 172 Å². The molecule has 1 aromatic heterocycles. The molecule has 0 aliphatic carbocycles. The van der Waals surface area contributed by atoms with E-state index in [-0.39, 0.29) is 5.91 Å². The number of carbonyl (C=O) groups excluding carboxylic acids is 1. The van der Waals surface area contributed by atoms with Crippen LogP contribution in [0.3, 0.4) is 0 Å². The van der Waals surface area contributed by atoms with Crippen LogP contribution in [0.15, 0.2) is 48.5 Å². The molecule has 0 spiro atoms. The first-order chi connectivity index (χ1) is 14.0. The molecule has 1 heterocycles. The topological polar surface area (TPSA) is 38.1 Å². The van der Waals surface area contributed by atoms with Crippen molar-refractivity contribution in [2.24, 2.45) is 5.92 Å². The number of aromatic nitrogens is 2. The van der Waals surface area contributed by atoms with E-state index < -0.39 is 5.82 Å². The van der Waals surface area contributed by atoms with Gasteiger partial charge in [0.1, 0.15) is 11.6 Å². The third-order valence-electron chi connectivity index (χ3n) is 5.14. The number of nitrogens with zero attached hydrogens (tertiary/aromatic N) is 3. The second-order valence-corrected chi connectivity index (χ2v) is 7.94. The number of hydrogen-bond donors (Lipinski definition) is 0. The number of halogens is 1. The van der Waals surface area contributed by atoms with Crippen molar-refractivity contribution in [1.82, 2.24) is 14.5 Å². The highest BCUT2D eigenvalue weighted by atomic mass is 19.1. The highest BCUT2D eigenvalue weighted by Gasteiger charge is 2.20. The van der Waals surface area contributed by atoms with E-state index in [4.69, 9.17) is 4.98 Å². The van der Waals surface area contributed by atoms with Gasteiger partial charge in [-0.25, -0.2) is 9.37 Å². The first-order valence-corrected chi connectivity index (χ1v) is 10.5. The third-order valence-corrected chi connectivity index (χ3v) is 5.14. The second-order valence-electron chi connectivity index (χ2n) is 7.94. The molecule has 4 nitrogen and oxygen atoms in total. The normalized spacial score (nSPS) is 11.3. The van der Waals surface area contributed by atoms with E-state index in [0.717, 1.165) is 42.7 Å². The molecule has 0 atom stereocenters. The number of aryl methyl sites for hydroxylation is 1. The molecule has 0 fully saturated rings. The molecule has 0 aliphatic rings. The van der Waals surface area contributed by atoms with E-state index in [1.807, 2.05) is 18.2 Å². The number of carbonyl (C=O) groups is 1. The molecule has 1 amide bonds. The Hall–Kier alpha value is -2.69. The molecule has 0 aliphatic heterocycles. The summed E-state index contributed by atoms with van der Waals surface area (Å²) >= 11 is 0. The van der Waals surface area contributed by atoms with E-state index in [9.17, 15) is 9.18 Å². The van der Waals surface area contributed by atoms with Crippen LogP contribution in [0.25, 0.3) is 11.0 Å². The largest absolute Gasteiger partial charge is 0.331 e. The molecule has 3 rings (SSSR count). The fraction of sp³-hybridized carbons (Fsp3) is 0.417. The highest BCUT2D eigenvalue weighted by molar-refractivity contribution is 5.94. The summed E-state index contributed by atoms with van der Waals surface area (Å²) in [5.74, 6) is 0.805. The van der Waals surface area contributed by atoms with Crippen LogP contribution in [0.5, 0.6) is 0 Å². The number of imidazole rings is 1. The maximum Gasteiger partial charge on any atom is 0.254 e. The van der Waals surface area contributed by atoms with Crippen LogP contribution in [-0.2, 0) is 13.1 Å². The number of benzene rings is 2. The van der Waals surface area contributed by atoms with Crippen LogP contribution in [0, 0.1) is 11.7 Å². The molecule has 0 saturated heterocycles. The smallest absolute Gasteiger partial charge is 0.254 e. The SMILES string of the molecule is CCCCn1c(CN(CCC(C)C)C(=O)c2cccc(F)c2)nc2ccccc21. The summed E-state index contributed by atoms with van der Waals surface area (Å²) in [6.45, 7) is 8.35. The molecule has 29 heavy (non-hydrogen) atoms. The zero-order chi connectivity index (χ0) is 20.8. The molecule has 0 saturated carbocycles. The number of rotatable bonds is 9. The predicted molar refractivity (Wildman–Crippen MR) is 115 cm³/mol. The molecule has 0 unspecified atom stereocenters. The maximum absolute atomic E-state index is 13.7. The Morgan fingerprint density at radius 1 is 1.17 bits per heavy atom. The van der Waals surface area contributed by atoms with Crippen molar-refractivity contribution in [3.8, 4) is 0 Å². The minimum atomic E-state index is -0.394. The van der Waals surface area contributed by atoms with Crippen molar-refractivity contribution in [3.63, 3.8) is 0 Å². The van der Waals surface area contributed by atoms with Gasteiger partial charge in [-0.3, -0.25) is 4.79 Å². The number of amides is 1. The van der Waals surface area contributed by atoms with Crippen LogP contribution in [-0.4, -0.2) is 26.9 Å². The van der Waals surface area contributed by atoms with E-state index in [1.54, 1.807) is 17.0 Å². The predicted octanol–water partition coefficient (Wildman–Crippen LogP) is 5.66. The number of hydrogen-bond acceptors (Lipinski definition) is 2. The van der Waals surface area contributed by atoms with E-state index in [0.29, 0.717) is 24.6 Å². The van der Waals surface area contributed by atoms with Crippen molar-refractivity contribution in [3.05, 3.63) is 65.7 Å². The van der Waals surface area contributed by atoms with Gasteiger partial charge in [0.15, 0.2) is 0 Å². The summed E-state index contributed by atoms with van der Waals surface area (Å²) in [7, 11) is 0. The van der Waals surface area contributed by atoms with Gasteiger partial charge in [0.2, 0.25) is 0 Å². The summed E-state index contributed by atoms with van der Waals surface area (Å²) in [5.41, 5.74) is 2.42. The van der Waals surface area contributed by atoms with Crippen LogP contribution in [0.2, 0.25) is 0 Å². The van der Waals surface area contributed by atoms with E-state index >= 15 is 0 Å². The summed E-state index contributed by atoms with van der Waals surface area (Å²) < 4.78 is 15.9. The van der Waals surface area contributed by atoms with Crippen LogP contribution in [0.4, 0.5) is 4.39 Å². The zero-order valence-corrected chi connectivity index (χ0v) is 17.6. The Kier molecular flexibility index (Phi) is 7.02. The minimum Gasteiger partial charge on any atom is -0.331 e. The fourth-order valence-electron chi connectivity index (χ4n) is 3.45. The number of para-hydroxylation sites is 2. The van der Waals surface area contributed by atoms with E-state index in [2.05, 4.69) is 31.4 Å². The summed E-state index contributed by atoms with van der Waals surface area (Å²) in [4.78, 5) is 19.8. The van der Waals surface area contributed by atoms with Gasteiger partial charge in [-0.05, 0) is 49.1 Å². The van der Waals surface area contributed by atoms with Gasteiger partial charge >= 0.3 is 0 Å². The lowest BCUT2D eigenvalue weighted by Crippen LogP contribution is -2.33. The molecular formula is C24H30FN3O. The molecule has 154 valence electrons. The lowest BCUT2D eigenvalue weighted by Gasteiger charge is -2.24. The summed E-state index contributed by atoms with van der Waals surface area (Å²) in [5, 5.41) is 0. The van der Waals surface area contributed by atoms with E-state index in [1.165, 1.54) is 12.1 Å². The Balaban J connectivity index is 1.93. The lowest BCUT2D eigenvalue weighted by atomic mass is 10.1. The Morgan fingerprint density at radius 2 is 1.97 bits per heavy atom. The van der Waals surface area contributed by atoms with Gasteiger partial charge in [0.05, 0.1) is 17.6 Å². The Morgan fingerprint density at radius 3 is 2.69 bits per heavy atom. The van der Waals surface area contributed by atoms with Gasteiger partial charge < -0.3 is 9.47 Å². The van der Waals surface area contributed by atoms with Gasteiger partial charge in [-0.2, -0.15) is 0 Å². The molecule has 0 bridgehead atoms. The zero-order valence-electron chi connectivity index (χ0n) is 17.6. The average molecular weight is 396 g/mol. The molecule has 3 aromatic rings. The molecule has 0 radical (unpaired) electrons. The first-order valence-electron chi connectivity index (χ1n) is 10.5. The summed E-state index contributed by atoms with van der Waals surface area (Å²) in [6, 6.07) is 14.0. The van der Waals surface area contributed by atoms with Gasteiger partial charge in [-0.15, -0.1) is 0 Å². The molecule has 5 heteroatoms. The maximum atomic E-state index is 13.7. The number of unbranched alkanes of at least 4 members (excludes halogenated alkanes) is 1. The first kappa shape index (κ1) is 21.0. The standard InChI is InChI=1S/C24H30FN3O/c1-4-5-14-28-22-12-7-6-11-21(22)26-23(28)17-27(15-13-18(2)3)24(29)19-9-8-10-20(25)16-19/h6-12,16,18H,4-5,13-15,17H2,1-3H3. The molecular weight excluding hydrogens is 365 g/mol. The van der Waals surface area contributed by atoms with Crippen molar-refractivity contribution in [1.29, 1.82) is 0 Å². The molecule has 0 N–H and O–H groups in total. The minimum absolute atomic E-state index is 0.153. The van der Waals surface area contributed by atoms with Crippen LogP contribution in [0.1, 0.15) is 56.2 Å². The van der Waals surface area contributed by atoms with Crippen molar-refractivity contribution < 1.29 is 9.18 Å². The summed E-state index contributed by atoms with van der Waals surface area (Å²) in [6.07, 6.45) is 3.03. The lowest BCUT2D eigenvalue weighted by molar-refractivity contribution is 0.0729. The Bertz CT molecular complexity index is 964.